The summed E-state index contributed by atoms with van der Waals surface area (Å²) in [5, 5.41) is 3.75. The predicted molar refractivity (Wildman–Crippen MR) is 166 cm³/mol. The van der Waals surface area contributed by atoms with Crippen LogP contribution in [0.2, 0.25) is 10.0 Å². The molecule has 10 heteroatoms. The molecule has 2 amide bonds. The lowest BCUT2D eigenvalue weighted by Crippen LogP contribution is -2.53. The van der Waals surface area contributed by atoms with Gasteiger partial charge in [-0.05, 0) is 67.6 Å². The van der Waals surface area contributed by atoms with Gasteiger partial charge in [0.05, 0.1) is 10.6 Å². The summed E-state index contributed by atoms with van der Waals surface area (Å²) in [7, 11) is -4.14. The number of anilines is 1. The van der Waals surface area contributed by atoms with Gasteiger partial charge in [0.1, 0.15) is 12.6 Å². The van der Waals surface area contributed by atoms with Crippen LogP contribution in [0, 0.1) is 0 Å². The third-order valence-electron chi connectivity index (χ3n) is 6.99. The number of benzene rings is 3. The van der Waals surface area contributed by atoms with E-state index in [2.05, 4.69) is 5.32 Å². The molecular weight excluding hydrogens is 581 g/mol. The van der Waals surface area contributed by atoms with Crippen molar-refractivity contribution in [2.75, 3.05) is 10.8 Å². The smallest absolute Gasteiger partial charge is 0.264 e. The number of sulfonamides is 1. The Kier molecular flexibility index (Phi) is 11.6. The summed E-state index contributed by atoms with van der Waals surface area (Å²) < 4.78 is 29.2. The van der Waals surface area contributed by atoms with Gasteiger partial charge in [-0.3, -0.25) is 13.9 Å². The van der Waals surface area contributed by atoms with Crippen LogP contribution in [0.4, 0.5) is 5.69 Å². The maximum absolute atomic E-state index is 14.2. The second kappa shape index (κ2) is 14.7. The average Bonchev–Trinajstić information content (AvgIpc) is 2.97. The molecular formula is C31H37Cl2N3O4S. The second-order valence-electron chi connectivity index (χ2n) is 9.81. The van der Waals surface area contributed by atoms with Crippen molar-refractivity contribution < 1.29 is 18.0 Å². The van der Waals surface area contributed by atoms with Crippen molar-refractivity contribution in [2.24, 2.45) is 0 Å². The van der Waals surface area contributed by atoms with Crippen LogP contribution in [0.5, 0.6) is 0 Å². The molecule has 0 aliphatic rings. The topological polar surface area (TPSA) is 86.8 Å². The van der Waals surface area contributed by atoms with E-state index in [1.807, 2.05) is 39.8 Å². The molecule has 41 heavy (non-hydrogen) atoms. The molecule has 2 unspecified atom stereocenters. The van der Waals surface area contributed by atoms with Gasteiger partial charge in [0, 0.05) is 22.6 Å². The van der Waals surface area contributed by atoms with Crippen LogP contribution in [0.25, 0.3) is 0 Å². The van der Waals surface area contributed by atoms with E-state index in [0.717, 1.165) is 16.3 Å². The van der Waals surface area contributed by atoms with Crippen LogP contribution in [0.3, 0.4) is 0 Å². The molecule has 0 aromatic heterocycles. The molecule has 0 spiro atoms. The van der Waals surface area contributed by atoms with Crippen molar-refractivity contribution in [3.05, 3.63) is 94.0 Å². The molecule has 0 saturated heterocycles. The normalized spacial score (nSPS) is 12.8. The monoisotopic (exact) mass is 617 g/mol. The van der Waals surface area contributed by atoms with Gasteiger partial charge in [-0.2, -0.15) is 0 Å². The maximum atomic E-state index is 14.2. The van der Waals surface area contributed by atoms with Gasteiger partial charge in [0.25, 0.3) is 10.0 Å². The molecule has 0 radical (unpaired) electrons. The molecule has 3 rings (SSSR count). The van der Waals surface area contributed by atoms with Gasteiger partial charge >= 0.3 is 0 Å². The van der Waals surface area contributed by atoms with E-state index in [4.69, 9.17) is 23.2 Å². The Morgan fingerprint density at radius 1 is 0.878 bits per heavy atom. The lowest BCUT2D eigenvalue weighted by atomic mass is 10.1. The number of aryl methyl sites for hydroxylation is 1. The minimum Gasteiger partial charge on any atom is -0.352 e. The highest BCUT2D eigenvalue weighted by molar-refractivity contribution is 7.92. The van der Waals surface area contributed by atoms with E-state index in [1.54, 1.807) is 48.5 Å². The first-order valence-corrected chi connectivity index (χ1v) is 15.9. The Morgan fingerprint density at radius 3 is 2.15 bits per heavy atom. The molecule has 220 valence electrons. The first kappa shape index (κ1) is 32.4. The van der Waals surface area contributed by atoms with E-state index in [9.17, 15) is 18.0 Å². The van der Waals surface area contributed by atoms with E-state index in [0.29, 0.717) is 34.1 Å². The van der Waals surface area contributed by atoms with Crippen molar-refractivity contribution in [3.63, 3.8) is 0 Å². The highest BCUT2D eigenvalue weighted by Crippen LogP contribution is 2.29. The fourth-order valence-corrected chi connectivity index (χ4v) is 6.42. The molecule has 0 aliphatic carbocycles. The van der Waals surface area contributed by atoms with Gasteiger partial charge in [-0.1, -0.05) is 86.4 Å². The molecule has 3 aromatic carbocycles. The SMILES string of the molecule is CCc1ccccc1N(CC(=O)N(Cc1ccc(Cl)cc1Cl)C(CC)C(=O)NC(C)CC)S(=O)(=O)c1ccccc1. The summed E-state index contributed by atoms with van der Waals surface area (Å²) in [6.45, 7) is 7.08. The number of carbonyl (C=O) groups excluding carboxylic acids is 2. The molecule has 0 heterocycles. The Balaban J connectivity index is 2.11. The molecule has 0 fully saturated rings. The summed E-state index contributed by atoms with van der Waals surface area (Å²) in [6, 6.07) is 19.1. The highest BCUT2D eigenvalue weighted by Gasteiger charge is 2.34. The largest absolute Gasteiger partial charge is 0.352 e. The summed E-state index contributed by atoms with van der Waals surface area (Å²) in [5.41, 5.74) is 1.77. The summed E-state index contributed by atoms with van der Waals surface area (Å²) in [5.74, 6) is -0.848. The van der Waals surface area contributed by atoms with Crippen LogP contribution in [0.15, 0.2) is 77.7 Å². The van der Waals surface area contributed by atoms with Crippen molar-refractivity contribution >= 4 is 50.7 Å². The van der Waals surface area contributed by atoms with E-state index >= 15 is 0 Å². The second-order valence-corrected chi connectivity index (χ2v) is 12.5. The van der Waals surface area contributed by atoms with Crippen LogP contribution in [-0.4, -0.2) is 43.8 Å². The average molecular weight is 619 g/mol. The summed E-state index contributed by atoms with van der Waals surface area (Å²) in [4.78, 5) is 29.1. The first-order valence-electron chi connectivity index (χ1n) is 13.7. The van der Waals surface area contributed by atoms with Crippen molar-refractivity contribution in [1.29, 1.82) is 0 Å². The Morgan fingerprint density at radius 2 is 1.54 bits per heavy atom. The number of carbonyl (C=O) groups is 2. The number of para-hydroxylation sites is 1. The minimum atomic E-state index is -4.14. The zero-order chi connectivity index (χ0) is 30.2. The van der Waals surface area contributed by atoms with Crippen LogP contribution < -0.4 is 9.62 Å². The zero-order valence-corrected chi connectivity index (χ0v) is 26.1. The lowest BCUT2D eigenvalue weighted by Gasteiger charge is -2.34. The van der Waals surface area contributed by atoms with Crippen LogP contribution >= 0.6 is 23.2 Å². The summed E-state index contributed by atoms with van der Waals surface area (Å²) >= 11 is 12.6. The molecule has 3 aromatic rings. The standard InChI is InChI=1S/C31H37Cl2N3O4S/c1-5-22(4)34-31(38)28(7-3)35(20-24-17-18-25(32)19-27(24)33)30(37)21-36(29-16-12-11-13-23(29)6-2)41(39,40)26-14-9-8-10-15-26/h8-19,22,28H,5-7,20-21H2,1-4H3,(H,34,38). The van der Waals surface area contributed by atoms with Crippen molar-refractivity contribution in [1.82, 2.24) is 10.2 Å². The Bertz CT molecular complexity index is 1450. The molecule has 2 atom stereocenters. The van der Waals surface area contributed by atoms with Gasteiger partial charge in [-0.15, -0.1) is 0 Å². The van der Waals surface area contributed by atoms with Crippen molar-refractivity contribution in [3.8, 4) is 0 Å². The van der Waals surface area contributed by atoms with Gasteiger partial charge in [0.2, 0.25) is 11.8 Å². The Hall–Kier alpha value is -3.07. The van der Waals surface area contributed by atoms with E-state index in [-0.39, 0.29) is 23.4 Å². The lowest BCUT2D eigenvalue weighted by molar-refractivity contribution is -0.140. The predicted octanol–water partition coefficient (Wildman–Crippen LogP) is 6.47. The number of rotatable bonds is 13. The third-order valence-corrected chi connectivity index (χ3v) is 9.35. The van der Waals surface area contributed by atoms with Gasteiger partial charge in [-0.25, -0.2) is 8.42 Å². The molecule has 0 saturated carbocycles. The molecule has 0 aliphatic heterocycles. The maximum Gasteiger partial charge on any atom is 0.264 e. The minimum absolute atomic E-state index is 0.00405. The van der Waals surface area contributed by atoms with Gasteiger partial charge < -0.3 is 10.2 Å². The van der Waals surface area contributed by atoms with Gasteiger partial charge in [0.15, 0.2) is 0 Å². The van der Waals surface area contributed by atoms with E-state index in [1.165, 1.54) is 17.0 Å². The Labute approximate surface area is 253 Å². The quantitative estimate of drug-likeness (QED) is 0.238. The fraction of sp³-hybridized carbons (Fsp3) is 0.355. The summed E-state index contributed by atoms with van der Waals surface area (Å²) in [6.07, 6.45) is 1.59. The highest BCUT2D eigenvalue weighted by atomic mass is 35.5. The van der Waals surface area contributed by atoms with Crippen LogP contribution in [-0.2, 0) is 32.6 Å². The number of nitrogens with zero attached hydrogens (tertiary/aromatic N) is 2. The third kappa shape index (κ3) is 8.03. The number of halogens is 2. The number of amides is 2. The van der Waals surface area contributed by atoms with E-state index < -0.39 is 28.5 Å². The molecule has 0 bridgehead atoms. The number of hydrogen-bond donors (Lipinski definition) is 1. The first-order chi connectivity index (χ1) is 19.5. The number of hydrogen-bond acceptors (Lipinski definition) is 4. The molecule has 1 N–H and O–H groups in total. The molecule has 7 nitrogen and oxygen atoms in total. The van der Waals surface area contributed by atoms with Crippen molar-refractivity contribution in [2.45, 2.75) is 70.5 Å². The zero-order valence-electron chi connectivity index (χ0n) is 23.8. The number of nitrogens with one attached hydrogen (secondary N) is 1. The fourth-order valence-electron chi connectivity index (χ4n) is 4.48. The van der Waals surface area contributed by atoms with Crippen LogP contribution in [0.1, 0.15) is 51.7 Å².